The third-order valence-electron chi connectivity index (χ3n) is 4.56. The number of fused-ring (bicyclic) bond motifs is 1. The van der Waals surface area contributed by atoms with Crippen molar-refractivity contribution in [1.82, 2.24) is 5.32 Å². The van der Waals surface area contributed by atoms with Gasteiger partial charge in [-0.15, -0.1) is 0 Å². The molecule has 0 spiro atoms. The molecule has 1 saturated carbocycles. The molecular weight excluding hydrogens is 250 g/mol. The van der Waals surface area contributed by atoms with Crippen LogP contribution >= 0.6 is 0 Å². The molecule has 1 N–H and O–H groups in total. The molecule has 3 nitrogen and oxygen atoms in total. The van der Waals surface area contributed by atoms with E-state index < -0.39 is 0 Å². The molecule has 0 amide bonds. The maximum absolute atomic E-state index is 5.82. The fourth-order valence-electron chi connectivity index (χ4n) is 3.52. The lowest BCUT2D eigenvalue weighted by atomic mass is 9.81. The van der Waals surface area contributed by atoms with Crippen molar-refractivity contribution in [3.05, 3.63) is 23.8 Å². The molecule has 0 radical (unpaired) electrons. The lowest BCUT2D eigenvalue weighted by molar-refractivity contribution is 0.280. The average molecular weight is 275 g/mol. The summed E-state index contributed by atoms with van der Waals surface area (Å²) in [6.07, 6.45) is 7.76. The Morgan fingerprint density at radius 2 is 1.75 bits per heavy atom. The summed E-state index contributed by atoms with van der Waals surface area (Å²) in [5.74, 6) is 2.55. The minimum atomic E-state index is 0.437. The maximum Gasteiger partial charge on any atom is 0.161 e. The molecule has 1 aromatic carbocycles. The van der Waals surface area contributed by atoms with Gasteiger partial charge in [0.25, 0.3) is 0 Å². The molecule has 3 rings (SSSR count). The van der Waals surface area contributed by atoms with E-state index in [-0.39, 0.29) is 0 Å². The first-order valence-corrected chi connectivity index (χ1v) is 7.95. The second-order valence-corrected chi connectivity index (χ2v) is 5.92. The number of nitrogens with one attached hydrogen (secondary N) is 1. The van der Waals surface area contributed by atoms with E-state index in [9.17, 15) is 0 Å². The van der Waals surface area contributed by atoms with Crippen LogP contribution in [0, 0.1) is 5.92 Å². The van der Waals surface area contributed by atoms with Crippen LogP contribution in [-0.2, 0) is 0 Å². The molecule has 2 aliphatic rings. The minimum absolute atomic E-state index is 0.437. The number of hydrogen-bond donors (Lipinski definition) is 1. The zero-order valence-corrected chi connectivity index (χ0v) is 12.4. The van der Waals surface area contributed by atoms with Gasteiger partial charge in [-0.05, 0) is 43.5 Å². The summed E-state index contributed by atoms with van der Waals surface area (Å²) in [5.41, 5.74) is 1.34. The Hall–Kier alpha value is -1.22. The van der Waals surface area contributed by atoms with Crippen molar-refractivity contribution in [2.24, 2.45) is 5.92 Å². The Morgan fingerprint density at radius 3 is 2.50 bits per heavy atom. The second-order valence-electron chi connectivity index (χ2n) is 5.92. The van der Waals surface area contributed by atoms with E-state index in [1.165, 1.54) is 37.7 Å². The first-order chi connectivity index (χ1) is 9.88. The minimum Gasteiger partial charge on any atom is -0.490 e. The monoisotopic (exact) mass is 275 g/mol. The van der Waals surface area contributed by atoms with Crippen molar-refractivity contribution in [2.45, 2.75) is 44.6 Å². The van der Waals surface area contributed by atoms with Crippen LogP contribution in [0.15, 0.2) is 18.2 Å². The second kappa shape index (κ2) is 6.49. The lowest BCUT2D eigenvalue weighted by Gasteiger charge is -2.30. The number of rotatable bonds is 3. The van der Waals surface area contributed by atoms with Crippen LogP contribution in [0.4, 0.5) is 0 Å². The third-order valence-corrected chi connectivity index (χ3v) is 4.56. The van der Waals surface area contributed by atoms with E-state index in [4.69, 9.17) is 9.47 Å². The largest absolute Gasteiger partial charge is 0.490 e. The number of benzene rings is 1. The van der Waals surface area contributed by atoms with Crippen molar-refractivity contribution < 1.29 is 9.47 Å². The van der Waals surface area contributed by atoms with Crippen molar-refractivity contribution >= 4 is 0 Å². The van der Waals surface area contributed by atoms with Gasteiger partial charge in [-0.2, -0.15) is 0 Å². The summed E-state index contributed by atoms with van der Waals surface area (Å²) in [4.78, 5) is 0. The molecule has 0 saturated heterocycles. The summed E-state index contributed by atoms with van der Waals surface area (Å²) in [5, 5.41) is 3.51. The van der Waals surface area contributed by atoms with Crippen molar-refractivity contribution in [3.63, 3.8) is 0 Å². The van der Waals surface area contributed by atoms with Crippen LogP contribution in [0.3, 0.4) is 0 Å². The van der Waals surface area contributed by atoms with Crippen molar-refractivity contribution in [1.29, 1.82) is 0 Å². The lowest BCUT2D eigenvalue weighted by Crippen LogP contribution is -2.26. The third kappa shape index (κ3) is 2.93. The van der Waals surface area contributed by atoms with Crippen LogP contribution in [0.1, 0.15) is 50.1 Å². The quantitative estimate of drug-likeness (QED) is 0.912. The molecule has 1 heterocycles. The summed E-state index contributed by atoms with van der Waals surface area (Å²) in [6.45, 7) is 1.51. The van der Waals surface area contributed by atoms with E-state index in [0.29, 0.717) is 6.04 Å². The van der Waals surface area contributed by atoms with E-state index in [2.05, 4.69) is 30.6 Å². The summed E-state index contributed by atoms with van der Waals surface area (Å²) in [7, 11) is 2.07. The number of ether oxygens (including phenoxy) is 2. The molecule has 1 atom stereocenters. The average Bonchev–Trinajstić information content (AvgIpc) is 2.74. The standard InChI is InChI=1S/C17H25NO2/c1-18-17(13-6-3-2-4-7-13)14-8-9-15-16(12-14)20-11-5-10-19-15/h8-9,12-13,17-18H,2-7,10-11H2,1H3. The highest BCUT2D eigenvalue weighted by Crippen LogP contribution is 2.38. The van der Waals surface area contributed by atoms with Gasteiger partial charge < -0.3 is 14.8 Å². The highest BCUT2D eigenvalue weighted by molar-refractivity contribution is 5.44. The normalized spacial score (nSPS) is 21.2. The molecule has 0 bridgehead atoms. The molecule has 1 aliphatic heterocycles. The van der Waals surface area contributed by atoms with Crippen LogP contribution < -0.4 is 14.8 Å². The fourth-order valence-corrected chi connectivity index (χ4v) is 3.52. The van der Waals surface area contributed by atoms with Gasteiger partial charge in [-0.3, -0.25) is 0 Å². The Balaban J connectivity index is 1.82. The van der Waals surface area contributed by atoms with Crippen molar-refractivity contribution in [2.75, 3.05) is 20.3 Å². The van der Waals surface area contributed by atoms with E-state index in [1.54, 1.807) is 0 Å². The van der Waals surface area contributed by atoms with Gasteiger partial charge in [0.2, 0.25) is 0 Å². The molecule has 3 heteroatoms. The van der Waals surface area contributed by atoms with E-state index in [0.717, 1.165) is 37.1 Å². The smallest absolute Gasteiger partial charge is 0.161 e. The first-order valence-electron chi connectivity index (χ1n) is 7.95. The molecule has 1 fully saturated rings. The predicted octanol–water partition coefficient (Wildman–Crippen LogP) is 3.69. The summed E-state index contributed by atoms with van der Waals surface area (Å²) in [6, 6.07) is 6.88. The van der Waals surface area contributed by atoms with Gasteiger partial charge in [0.15, 0.2) is 11.5 Å². The van der Waals surface area contributed by atoms with Gasteiger partial charge in [0.05, 0.1) is 13.2 Å². The maximum atomic E-state index is 5.82. The zero-order chi connectivity index (χ0) is 13.8. The summed E-state index contributed by atoms with van der Waals surface area (Å²) < 4.78 is 11.5. The molecule has 1 unspecified atom stereocenters. The molecule has 1 aliphatic carbocycles. The van der Waals surface area contributed by atoms with Gasteiger partial charge in [-0.25, -0.2) is 0 Å². The molecule has 110 valence electrons. The zero-order valence-electron chi connectivity index (χ0n) is 12.4. The highest BCUT2D eigenvalue weighted by atomic mass is 16.5. The summed E-state index contributed by atoms with van der Waals surface area (Å²) >= 11 is 0. The molecule has 20 heavy (non-hydrogen) atoms. The van der Waals surface area contributed by atoms with Crippen LogP contribution in [0.25, 0.3) is 0 Å². The fraction of sp³-hybridized carbons (Fsp3) is 0.647. The van der Waals surface area contributed by atoms with Crippen LogP contribution in [0.5, 0.6) is 11.5 Å². The van der Waals surface area contributed by atoms with E-state index in [1.807, 2.05) is 0 Å². The van der Waals surface area contributed by atoms with Gasteiger partial charge >= 0.3 is 0 Å². The van der Waals surface area contributed by atoms with Crippen LogP contribution in [-0.4, -0.2) is 20.3 Å². The molecular formula is C17H25NO2. The highest BCUT2D eigenvalue weighted by Gasteiger charge is 2.25. The van der Waals surface area contributed by atoms with Gasteiger partial charge in [-0.1, -0.05) is 25.3 Å². The Labute approximate surface area is 121 Å². The Morgan fingerprint density at radius 1 is 1.00 bits per heavy atom. The van der Waals surface area contributed by atoms with Crippen LogP contribution in [0.2, 0.25) is 0 Å². The van der Waals surface area contributed by atoms with Gasteiger partial charge in [0.1, 0.15) is 0 Å². The SMILES string of the molecule is CNC(c1ccc2c(c1)OCCCO2)C1CCCCC1. The Bertz CT molecular complexity index is 441. The number of hydrogen-bond acceptors (Lipinski definition) is 3. The van der Waals surface area contributed by atoms with E-state index >= 15 is 0 Å². The predicted molar refractivity (Wildman–Crippen MR) is 80.4 cm³/mol. The topological polar surface area (TPSA) is 30.5 Å². The molecule has 1 aromatic rings. The van der Waals surface area contributed by atoms with Gasteiger partial charge in [0, 0.05) is 12.5 Å². The van der Waals surface area contributed by atoms with Crippen molar-refractivity contribution in [3.8, 4) is 11.5 Å². The Kier molecular flexibility index (Phi) is 4.46. The molecule has 0 aromatic heterocycles. The first kappa shape index (κ1) is 13.7.